The summed E-state index contributed by atoms with van der Waals surface area (Å²) in [6, 6.07) is 7.09. The number of para-hydroxylation sites is 2. The summed E-state index contributed by atoms with van der Waals surface area (Å²) < 4.78 is 5.35. The summed E-state index contributed by atoms with van der Waals surface area (Å²) in [5.74, 6) is 0.325. The molecule has 0 atom stereocenters. The molecule has 1 amide bonds. The second kappa shape index (κ2) is 8.04. The number of fused-ring (bicyclic) bond motifs is 1. The smallest absolute Gasteiger partial charge is 0.410 e. The van der Waals surface area contributed by atoms with E-state index in [1.807, 2.05) is 26.8 Å². The number of ether oxygens (including phenoxy) is 1. The van der Waals surface area contributed by atoms with Crippen LogP contribution in [0.15, 0.2) is 29.3 Å². The number of hydrazine groups is 1. The summed E-state index contributed by atoms with van der Waals surface area (Å²) in [6.07, 6.45) is -0.432. The molecule has 1 aromatic carbocycles. The van der Waals surface area contributed by atoms with Gasteiger partial charge in [0.05, 0.1) is 17.9 Å². The molecule has 4 N–H and O–H groups in total. The molecule has 0 saturated heterocycles. The van der Waals surface area contributed by atoms with Gasteiger partial charge in [0.15, 0.2) is 0 Å². The minimum atomic E-state index is -0.574. The van der Waals surface area contributed by atoms with Crippen molar-refractivity contribution in [3.05, 3.63) is 29.5 Å². The maximum absolute atomic E-state index is 12.2. The van der Waals surface area contributed by atoms with Crippen LogP contribution in [0.2, 0.25) is 0 Å². The Morgan fingerprint density at radius 1 is 1.36 bits per heavy atom. The number of aliphatic imine (C=N–C) groups is 1. The van der Waals surface area contributed by atoms with E-state index in [9.17, 15) is 10.0 Å². The van der Waals surface area contributed by atoms with Crippen LogP contribution in [-0.2, 0) is 4.74 Å². The van der Waals surface area contributed by atoms with E-state index in [1.165, 1.54) is 4.90 Å². The van der Waals surface area contributed by atoms with Crippen molar-refractivity contribution in [3.8, 4) is 0 Å². The van der Waals surface area contributed by atoms with E-state index in [0.29, 0.717) is 48.7 Å². The molecule has 138 valence electrons. The Hall–Kier alpha value is -2.52. The third-order valence-corrected chi connectivity index (χ3v) is 3.27. The van der Waals surface area contributed by atoms with Crippen molar-refractivity contribution in [3.63, 3.8) is 0 Å². The zero-order valence-electron chi connectivity index (χ0n) is 14.8. The van der Waals surface area contributed by atoms with Crippen molar-refractivity contribution in [1.82, 2.24) is 10.3 Å². The zero-order chi connectivity index (χ0) is 18.4. The highest BCUT2D eigenvalue weighted by Crippen LogP contribution is 2.26. The maximum atomic E-state index is 12.2. The predicted octanol–water partition coefficient (Wildman–Crippen LogP) is 1.47. The van der Waals surface area contributed by atoms with Gasteiger partial charge in [0.2, 0.25) is 5.96 Å². The lowest BCUT2D eigenvalue weighted by molar-refractivity contribution is 0.0261. The molecule has 0 aliphatic carbocycles. The first-order chi connectivity index (χ1) is 11.8. The molecule has 0 radical (unpaired) electrons. The van der Waals surface area contributed by atoms with Crippen molar-refractivity contribution >= 4 is 23.4 Å². The van der Waals surface area contributed by atoms with Gasteiger partial charge in [-0.05, 0) is 32.9 Å². The number of nitrogens with two attached hydrogens (primary N) is 1. The number of carbonyl (C=O) groups excluding carboxylic acids is 1. The lowest BCUT2D eigenvalue weighted by Crippen LogP contribution is -2.46. The minimum absolute atomic E-state index is 0.296. The Morgan fingerprint density at radius 3 is 2.76 bits per heavy atom. The Kier molecular flexibility index (Phi) is 6.05. The molecule has 9 nitrogen and oxygen atoms in total. The van der Waals surface area contributed by atoms with Crippen LogP contribution in [0.4, 0.5) is 16.2 Å². The summed E-state index contributed by atoms with van der Waals surface area (Å²) in [5.41, 5.74) is 8.74. The van der Waals surface area contributed by atoms with E-state index in [-0.39, 0.29) is 0 Å². The van der Waals surface area contributed by atoms with Crippen LogP contribution in [0, 0.1) is 5.21 Å². The number of guanidine groups is 1. The van der Waals surface area contributed by atoms with E-state index in [0.717, 1.165) is 0 Å². The van der Waals surface area contributed by atoms with Crippen LogP contribution in [0.1, 0.15) is 20.8 Å². The van der Waals surface area contributed by atoms with Crippen LogP contribution < -0.4 is 21.6 Å². The summed E-state index contributed by atoms with van der Waals surface area (Å²) in [4.78, 5) is 18.0. The van der Waals surface area contributed by atoms with Crippen molar-refractivity contribution in [1.29, 1.82) is 0 Å². The molecule has 1 aliphatic heterocycles. The van der Waals surface area contributed by atoms with E-state index >= 15 is 0 Å². The molecular weight excluding hydrogens is 324 g/mol. The highest BCUT2D eigenvalue weighted by Gasteiger charge is 2.21. The van der Waals surface area contributed by atoms with Gasteiger partial charge in [0.25, 0.3) is 0 Å². The second-order valence-electron chi connectivity index (χ2n) is 6.53. The molecular formula is C16H25N6O3-. The van der Waals surface area contributed by atoms with Crippen molar-refractivity contribution in [2.45, 2.75) is 26.4 Å². The van der Waals surface area contributed by atoms with Gasteiger partial charge in [0.1, 0.15) is 5.60 Å². The maximum Gasteiger partial charge on any atom is 0.410 e. The molecule has 2 rings (SSSR count). The highest BCUT2D eigenvalue weighted by atomic mass is 16.6. The monoisotopic (exact) mass is 349 g/mol. The van der Waals surface area contributed by atoms with Crippen molar-refractivity contribution < 1.29 is 9.53 Å². The van der Waals surface area contributed by atoms with Gasteiger partial charge in [-0.3, -0.25) is 5.43 Å². The van der Waals surface area contributed by atoms with Gasteiger partial charge < -0.3 is 31.1 Å². The Morgan fingerprint density at radius 2 is 2.08 bits per heavy atom. The predicted molar refractivity (Wildman–Crippen MR) is 98.2 cm³/mol. The topological polar surface area (TPSA) is 118 Å². The Bertz CT molecular complexity index is 629. The molecule has 0 saturated carbocycles. The van der Waals surface area contributed by atoms with E-state index in [4.69, 9.17) is 10.5 Å². The van der Waals surface area contributed by atoms with E-state index in [1.54, 1.807) is 18.2 Å². The normalized spacial score (nSPS) is 15.2. The number of nitrogens with zero attached hydrogens (tertiary/aromatic N) is 3. The summed E-state index contributed by atoms with van der Waals surface area (Å²) in [6.45, 7) is 6.75. The van der Waals surface area contributed by atoms with Crippen LogP contribution in [0.25, 0.3) is 0 Å². The average Bonchev–Trinajstić information content (AvgIpc) is 2.52. The number of rotatable bonds is 5. The number of hydrogen-bond donors (Lipinski definition) is 3. The first-order valence-electron chi connectivity index (χ1n) is 8.12. The molecule has 0 fully saturated rings. The quantitative estimate of drug-likeness (QED) is 0.736. The van der Waals surface area contributed by atoms with Crippen LogP contribution in [-0.4, -0.2) is 48.7 Å². The van der Waals surface area contributed by atoms with Crippen LogP contribution >= 0.6 is 0 Å². The molecule has 1 aliphatic rings. The average molecular weight is 349 g/mol. The Labute approximate surface area is 147 Å². The van der Waals surface area contributed by atoms with Gasteiger partial charge in [-0.1, -0.05) is 12.1 Å². The van der Waals surface area contributed by atoms with Gasteiger partial charge in [0, 0.05) is 19.6 Å². The molecule has 0 unspecified atom stereocenters. The first kappa shape index (κ1) is 18.8. The fourth-order valence-electron chi connectivity index (χ4n) is 2.20. The van der Waals surface area contributed by atoms with Gasteiger partial charge >= 0.3 is 6.09 Å². The molecule has 1 heterocycles. The lowest BCUT2D eigenvalue weighted by Gasteiger charge is -2.38. The largest absolute Gasteiger partial charge is 0.739 e. The molecule has 0 aromatic heterocycles. The second-order valence-corrected chi connectivity index (χ2v) is 6.53. The van der Waals surface area contributed by atoms with Crippen molar-refractivity contribution in [2.24, 2.45) is 10.7 Å². The summed E-state index contributed by atoms with van der Waals surface area (Å²) in [7, 11) is 0. The molecule has 1 aromatic rings. The number of carbonyl (C=O) groups is 1. The van der Waals surface area contributed by atoms with Gasteiger partial charge in [-0.25, -0.2) is 9.79 Å². The number of amides is 1. The van der Waals surface area contributed by atoms with Crippen LogP contribution in [0.3, 0.4) is 0 Å². The summed E-state index contributed by atoms with van der Waals surface area (Å²) >= 11 is 0. The molecule has 0 bridgehead atoms. The van der Waals surface area contributed by atoms with Crippen molar-refractivity contribution in [2.75, 3.05) is 36.7 Å². The van der Waals surface area contributed by atoms with E-state index in [2.05, 4.69) is 15.7 Å². The van der Waals surface area contributed by atoms with Gasteiger partial charge in [-0.15, -0.1) is 0 Å². The number of benzene rings is 1. The Balaban J connectivity index is 1.95. The molecule has 25 heavy (non-hydrogen) atoms. The van der Waals surface area contributed by atoms with E-state index < -0.39 is 11.7 Å². The first-order valence-corrected chi connectivity index (χ1v) is 8.12. The lowest BCUT2D eigenvalue weighted by atomic mass is 10.2. The highest BCUT2D eigenvalue weighted by molar-refractivity contribution is 6.00. The number of anilines is 2. The number of hydrogen-bond acceptors (Lipinski definition) is 6. The minimum Gasteiger partial charge on any atom is -0.739 e. The third kappa shape index (κ3) is 5.50. The standard InChI is InChI=1S/C16H25N6O3/c1-16(2,3)25-15(23)21(10-8-17)11-9-18-14-19-12-6-4-5-7-13(12)22(24)20-14/h4-7H,8-11,17H2,1-3H3,(H2,18,19,20)/q-1. The fourth-order valence-corrected chi connectivity index (χ4v) is 2.20. The van der Waals surface area contributed by atoms with Gasteiger partial charge in [-0.2, -0.15) is 0 Å². The summed E-state index contributed by atoms with van der Waals surface area (Å²) in [5, 5.41) is 15.6. The molecule has 0 spiro atoms. The third-order valence-electron chi connectivity index (χ3n) is 3.27. The fraction of sp³-hybridized carbons (Fsp3) is 0.500. The zero-order valence-corrected chi connectivity index (χ0v) is 14.8. The number of nitrogens with one attached hydrogen (secondary N) is 2. The molecule has 9 heteroatoms. The SMILES string of the molecule is CC(C)(C)OC(=O)N(CCN)CCN=C1Nc2ccccc2N([O-])N1. The van der Waals surface area contributed by atoms with Crippen LogP contribution in [0.5, 0.6) is 0 Å².